The van der Waals surface area contributed by atoms with Crippen molar-refractivity contribution < 1.29 is 9.13 Å². The fourth-order valence-corrected chi connectivity index (χ4v) is 0.761. The van der Waals surface area contributed by atoms with Gasteiger partial charge in [-0.25, -0.2) is 9.18 Å². The fraction of sp³-hybridized carbons (Fsp3) is 0.429. The molecule has 72 valence electrons. The first-order chi connectivity index (χ1) is 6.15. The first-order valence-electron chi connectivity index (χ1n) is 3.75. The second-order valence-electron chi connectivity index (χ2n) is 2.35. The van der Waals surface area contributed by atoms with Gasteiger partial charge >= 0.3 is 5.69 Å². The lowest BCUT2D eigenvalue weighted by Gasteiger charge is -2.04. The van der Waals surface area contributed by atoms with Crippen LogP contribution in [-0.2, 0) is 11.5 Å². The predicted molar refractivity (Wildman–Crippen MR) is 44.5 cm³/mol. The molecular formula is C7H10FN3O2. The van der Waals surface area contributed by atoms with E-state index in [9.17, 15) is 9.18 Å². The summed E-state index contributed by atoms with van der Waals surface area (Å²) in [6.07, 6.45) is 0.973. The Labute approximate surface area is 74.0 Å². The van der Waals surface area contributed by atoms with E-state index in [-0.39, 0.29) is 6.73 Å². The summed E-state index contributed by atoms with van der Waals surface area (Å²) in [5.74, 6) is -1.11. The average molecular weight is 187 g/mol. The number of nitrogen functional groups attached to an aromatic ring is 1. The third-order valence-corrected chi connectivity index (χ3v) is 1.41. The molecule has 1 heterocycles. The van der Waals surface area contributed by atoms with Crippen LogP contribution in [0.5, 0.6) is 0 Å². The lowest BCUT2D eigenvalue weighted by Crippen LogP contribution is -2.25. The van der Waals surface area contributed by atoms with Crippen LogP contribution < -0.4 is 11.4 Å². The summed E-state index contributed by atoms with van der Waals surface area (Å²) in [5.41, 5.74) is 4.46. The Kier molecular flexibility index (Phi) is 2.97. The van der Waals surface area contributed by atoms with Crippen LogP contribution >= 0.6 is 0 Å². The van der Waals surface area contributed by atoms with E-state index < -0.39 is 17.3 Å². The molecule has 0 saturated carbocycles. The quantitative estimate of drug-likeness (QED) is 0.720. The molecule has 0 radical (unpaired) electrons. The van der Waals surface area contributed by atoms with Gasteiger partial charge in [0.05, 0.1) is 6.20 Å². The number of hydrogen-bond donors (Lipinski definition) is 1. The van der Waals surface area contributed by atoms with Crippen LogP contribution in [0.4, 0.5) is 10.2 Å². The van der Waals surface area contributed by atoms with Crippen LogP contribution in [0.15, 0.2) is 11.0 Å². The normalized spacial score (nSPS) is 10.3. The molecule has 0 unspecified atom stereocenters. The van der Waals surface area contributed by atoms with Crippen LogP contribution in [-0.4, -0.2) is 16.2 Å². The van der Waals surface area contributed by atoms with Crippen LogP contribution in [0, 0.1) is 5.82 Å². The van der Waals surface area contributed by atoms with Gasteiger partial charge < -0.3 is 10.5 Å². The number of nitrogens with two attached hydrogens (primary N) is 1. The van der Waals surface area contributed by atoms with Gasteiger partial charge in [0.1, 0.15) is 6.73 Å². The van der Waals surface area contributed by atoms with Gasteiger partial charge in [-0.1, -0.05) is 0 Å². The zero-order chi connectivity index (χ0) is 9.84. The highest BCUT2D eigenvalue weighted by Crippen LogP contribution is 2.00. The van der Waals surface area contributed by atoms with Crippen LogP contribution in [0.2, 0.25) is 0 Å². The van der Waals surface area contributed by atoms with E-state index in [2.05, 4.69) is 4.98 Å². The Morgan fingerprint density at radius 3 is 3.08 bits per heavy atom. The number of anilines is 1. The smallest absolute Gasteiger partial charge is 0.351 e. The molecule has 0 bridgehead atoms. The molecule has 0 amide bonds. The minimum Gasteiger partial charge on any atom is -0.381 e. The van der Waals surface area contributed by atoms with Crippen molar-refractivity contribution >= 4 is 5.82 Å². The zero-order valence-electron chi connectivity index (χ0n) is 7.16. The Hall–Kier alpha value is -1.43. The summed E-state index contributed by atoms with van der Waals surface area (Å²) < 4.78 is 18.7. The Morgan fingerprint density at radius 2 is 2.46 bits per heavy atom. The summed E-state index contributed by atoms with van der Waals surface area (Å²) in [6, 6.07) is 0. The van der Waals surface area contributed by atoms with E-state index in [0.717, 1.165) is 10.8 Å². The van der Waals surface area contributed by atoms with Crippen LogP contribution in [0.1, 0.15) is 6.92 Å². The molecule has 1 aromatic heterocycles. The number of rotatable bonds is 3. The Morgan fingerprint density at radius 1 is 1.77 bits per heavy atom. The van der Waals surface area contributed by atoms with Crippen molar-refractivity contribution in [2.45, 2.75) is 13.7 Å². The maximum absolute atomic E-state index is 12.8. The van der Waals surface area contributed by atoms with E-state index in [0.29, 0.717) is 6.61 Å². The minimum absolute atomic E-state index is 0.0144. The SMILES string of the molecule is CCOCn1cc(F)c(N)nc1=O. The summed E-state index contributed by atoms with van der Waals surface area (Å²) >= 11 is 0. The second kappa shape index (κ2) is 3.99. The van der Waals surface area contributed by atoms with Crippen molar-refractivity contribution in [2.75, 3.05) is 12.3 Å². The van der Waals surface area contributed by atoms with Crippen molar-refractivity contribution in [1.29, 1.82) is 0 Å². The molecule has 0 aliphatic heterocycles. The van der Waals surface area contributed by atoms with Gasteiger partial charge in [-0.3, -0.25) is 4.57 Å². The topological polar surface area (TPSA) is 70.1 Å². The third kappa shape index (κ3) is 2.25. The minimum atomic E-state index is -0.723. The first-order valence-corrected chi connectivity index (χ1v) is 3.75. The molecule has 0 spiro atoms. The van der Waals surface area contributed by atoms with Crippen molar-refractivity contribution in [3.8, 4) is 0 Å². The monoisotopic (exact) mass is 187 g/mol. The second-order valence-corrected chi connectivity index (χ2v) is 2.35. The van der Waals surface area contributed by atoms with Crippen molar-refractivity contribution in [3.05, 3.63) is 22.5 Å². The lowest BCUT2D eigenvalue weighted by molar-refractivity contribution is 0.0837. The number of ether oxygens (including phenoxy) is 1. The molecule has 0 fully saturated rings. The molecule has 6 heteroatoms. The summed E-state index contributed by atoms with van der Waals surface area (Å²) in [4.78, 5) is 14.3. The highest BCUT2D eigenvalue weighted by atomic mass is 19.1. The molecule has 0 aliphatic carbocycles. The van der Waals surface area contributed by atoms with Crippen molar-refractivity contribution in [1.82, 2.24) is 9.55 Å². The zero-order valence-corrected chi connectivity index (χ0v) is 7.16. The summed E-state index contributed by atoms with van der Waals surface area (Å²) in [7, 11) is 0. The standard InChI is InChI=1S/C7H10FN3O2/c1-2-13-4-11-3-5(8)6(9)10-7(11)12/h3H,2,4H2,1H3,(H2,9,10,12). The molecule has 1 aromatic rings. The van der Waals surface area contributed by atoms with Gasteiger partial charge in [-0.2, -0.15) is 4.98 Å². The van der Waals surface area contributed by atoms with Gasteiger partial charge in [0.15, 0.2) is 11.6 Å². The molecule has 2 N–H and O–H groups in total. The highest BCUT2D eigenvalue weighted by molar-refractivity contribution is 5.26. The third-order valence-electron chi connectivity index (χ3n) is 1.41. The van der Waals surface area contributed by atoms with Gasteiger partial charge in [-0.15, -0.1) is 0 Å². The molecule has 0 saturated heterocycles. The van der Waals surface area contributed by atoms with Gasteiger partial charge in [0, 0.05) is 6.61 Å². The first kappa shape index (κ1) is 9.66. The Bertz CT molecular complexity index is 350. The number of halogens is 1. The van der Waals surface area contributed by atoms with E-state index in [1.54, 1.807) is 6.92 Å². The van der Waals surface area contributed by atoms with E-state index in [1.165, 1.54) is 0 Å². The molecule has 5 nitrogen and oxygen atoms in total. The number of hydrogen-bond acceptors (Lipinski definition) is 4. The maximum atomic E-state index is 12.8. The maximum Gasteiger partial charge on any atom is 0.351 e. The van der Waals surface area contributed by atoms with Crippen LogP contribution in [0.25, 0.3) is 0 Å². The number of aromatic nitrogens is 2. The van der Waals surface area contributed by atoms with Crippen molar-refractivity contribution in [2.24, 2.45) is 0 Å². The lowest BCUT2D eigenvalue weighted by atomic mass is 10.5. The van der Waals surface area contributed by atoms with Gasteiger partial charge in [-0.05, 0) is 6.92 Å². The van der Waals surface area contributed by atoms with Crippen molar-refractivity contribution in [3.63, 3.8) is 0 Å². The largest absolute Gasteiger partial charge is 0.381 e. The van der Waals surface area contributed by atoms with E-state index in [4.69, 9.17) is 10.5 Å². The highest BCUT2D eigenvalue weighted by Gasteiger charge is 2.03. The van der Waals surface area contributed by atoms with Crippen LogP contribution in [0.3, 0.4) is 0 Å². The molecule has 13 heavy (non-hydrogen) atoms. The molecule has 0 atom stereocenters. The van der Waals surface area contributed by atoms with E-state index in [1.807, 2.05) is 0 Å². The molecule has 0 aromatic carbocycles. The molecular weight excluding hydrogens is 177 g/mol. The summed E-state index contributed by atoms with van der Waals surface area (Å²) in [5, 5.41) is 0. The number of nitrogens with zero attached hydrogens (tertiary/aromatic N) is 2. The van der Waals surface area contributed by atoms with E-state index >= 15 is 0 Å². The molecule has 1 rings (SSSR count). The average Bonchev–Trinajstić information content (AvgIpc) is 2.09. The summed E-state index contributed by atoms with van der Waals surface area (Å²) in [6.45, 7) is 2.20. The van der Waals surface area contributed by atoms with Gasteiger partial charge in [0.2, 0.25) is 0 Å². The predicted octanol–water partition coefficient (Wildman–Crippen LogP) is -0.0414. The Balaban J connectivity index is 2.95. The molecule has 0 aliphatic rings. The van der Waals surface area contributed by atoms with Gasteiger partial charge in [0.25, 0.3) is 0 Å². The fourth-order valence-electron chi connectivity index (χ4n) is 0.761.